The number of benzene rings is 2. The Morgan fingerprint density at radius 1 is 1.13 bits per heavy atom. The van der Waals surface area contributed by atoms with Gasteiger partial charge in [0.15, 0.2) is 5.69 Å². The summed E-state index contributed by atoms with van der Waals surface area (Å²) in [4.78, 5) is 43.3. The van der Waals surface area contributed by atoms with E-state index in [2.05, 4.69) is 4.98 Å². The first-order valence-electron chi connectivity index (χ1n) is 12.3. The Kier molecular flexibility index (Phi) is 7.31. The lowest BCUT2D eigenvalue weighted by molar-refractivity contribution is -0.142. The Labute approximate surface area is 223 Å². The number of carbonyl (C=O) groups excluding carboxylic acids is 3. The van der Waals surface area contributed by atoms with Gasteiger partial charge >= 0.3 is 11.9 Å². The van der Waals surface area contributed by atoms with Crippen LogP contribution in [-0.2, 0) is 20.8 Å². The number of methoxy groups -OCH3 is 1. The SMILES string of the molecule is COc1ccc2c(c1)OCC=C2COC(=O)CCCOC(=O)c1ncn2c1CN(C)C(=O)c1cc(F)ccc1-2. The van der Waals surface area contributed by atoms with Crippen molar-refractivity contribution in [3.8, 4) is 17.2 Å². The van der Waals surface area contributed by atoms with Gasteiger partial charge in [0.2, 0.25) is 0 Å². The number of hydrogen-bond acceptors (Lipinski definition) is 8. The van der Waals surface area contributed by atoms with Crippen molar-refractivity contribution in [1.82, 2.24) is 14.5 Å². The van der Waals surface area contributed by atoms with Gasteiger partial charge in [-0.1, -0.05) is 0 Å². The summed E-state index contributed by atoms with van der Waals surface area (Å²) < 4.78 is 37.0. The summed E-state index contributed by atoms with van der Waals surface area (Å²) in [7, 11) is 3.14. The number of rotatable bonds is 8. The fourth-order valence-corrected chi connectivity index (χ4v) is 4.47. The summed E-state index contributed by atoms with van der Waals surface area (Å²) in [5.41, 5.74) is 2.78. The second kappa shape index (κ2) is 11.0. The third-order valence-electron chi connectivity index (χ3n) is 6.49. The number of hydrogen-bond donors (Lipinski definition) is 0. The van der Waals surface area contributed by atoms with Gasteiger partial charge in [-0.2, -0.15) is 0 Å². The van der Waals surface area contributed by atoms with Crippen molar-refractivity contribution in [2.45, 2.75) is 19.4 Å². The maximum absolute atomic E-state index is 13.8. The maximum atomic E-state index is 13.8. The van der Waals surface area contributed by atoms with Gasteiger partial charge in [0.1, 0.15) is 36.9 Å². The van der Waals surface area contributed by atoms with E-state index in [1.165, 1.54) is 23.4 Å². The second-order valence-corrected chi connectivity index (χ2v) is 9.04. The van der Waals surface area contributed by atoms with Gasteiger partial charge in [0.05, 0.1) is 37.2 Å². The van der Waals surface area contributed by atoms with Crippen LogP contribution >= 0.6 is 0 Å². The lowest BCUT2D eigenvalue weighted by atomic mass is 10.0. The molecule has 5 rings (SSSR count). The highest BCUT2D eigenvalue weighted by Crippen LogP contribution is 2.33. The minimum Gasteiger partial charge on any atom is -0.497 e. The third kappa shape index (κ3) is 5.33. The molecule has 0 spiro atoms. The Balaban J connectivity index is 1.14. The predicted octanol–water partition coefficient (Wildman–Crippen LogP) is 3.56. The number of carbonyl (C=O) groups is 3. The van der Waals surface area contributed by atoms with E-state index in [-0.39, 0.29) is 49.8 Å². The van der Waals surface area contributed by atoms with Crippen LogP contribution in [0.2, 0.25) is 0 Å². The zero-order chi connectivity index (χ0) is 27.5. The van der Waals surface area contributed by atoms with Crippen LogP contribution in [0.4, 0.5) is 4.39 Å². The summed E-state index contributed by atoms with van der Waals surface area (Å²) >= 11 is 0. The minimum absolute atomic E-state index is 0.0179. The van der Waals surface area contributed by atoms with Gasteiger partial charge in [-0.3, -0.25) is 14.2 Å². The highest BCUT2D eigenvalue weighted by atomic mass is 19.1. The lowest BCUT2D eigenvalue weighted by Crippen LogP contribution is -2.26. The van der Waals surface area contributed by atoms with E-state index in [0.717, 1.165) is 17.2 Å². The van der Waals surface area contributed by atoms with Gasteiger partial charge in [0.25, 0.3) is 5.91 Å². The van der Waals surface area contributed by atoms with Crippen molar-refractivity contribution in [2.75, 3.05) is 34.0 Å². The van der Waals surface area contributed by atoms with Crippen molar-refractivity contribution in [3.63, 3.8) is 0 Å². The molecule has 0 atom stereocenters. The summed E-state index contributed by atoms with van der Waals surface area (Å²) in [5, 5.41) is 0. The number of fused-ring (bicyclic) bond motifs is 4. The normalized spacial score (nSPS) is 13.8. The van der Waals surface area contributed by atoms with Crippen LogP contribution in [-0.4, -0.2) is 66.3 Å². The van der Waals surface area contributed by atoms with Crippen molar-refractivity contribution in [1.29, 1.82) is 0 Å². The topological polar surface area (TPSA) is 109 Å². The Bertz CT molecular complexity index is 1480. The van der Waals surface area contributed by atoms with E-state index in [4.69, 9.17) is 18.9 Å². The van der Waals surface area contributed by atoms with Crippen LogP contribution < -0.4 is 9.47 Å². The highest BCUT2D eigenvalue weighted by molar-refractivity contribution is 5.99. The van der Waals surface area contributed by atoms with Crippen LogP contribution in [0.5, 0.6) is 11.5 Å². The fraction of sp³-hybridized carbons (Fsp3) is 0.286. The van der Waals surface area contributed by atoms with Gasteiger partial charge in [0, 0.05) is 25.1 Å². The Hall–Kier alpha value is -4.67. The van der Waals surface area contributed by atoms with Crippen molar-refractivity contribution in [2.24, 2.45) is 0 Å². The zero-order valence-electron chi connectivity index (χ0n) is 21.4. The molecule has 2 aromatic carbocycles. The number of nitrogens with zero attached hydrogens (tertiary/aromatic N) is 3. The van der Waals surface area contributed by atoms with Crippen LogP contribution in [0.3, 0.4) is 0 Å². The first kappa shape index (κ1) is 26.0. The van der Waals surface area contributed by atoms with E-state index in [9.17, 15) is 18.8 Å². The number of amides is 1. The van der Waals surface area contributed by atoms with Gasteiger partial charge in [-0.15, -0.1) is 0 Å². The summed E-state index contributed by atoms with van der Waals surface area (Å²) in [6.45, 7) is 0.533. The molecular weight excluding hydrogens is 509 g/mol. The van der Waals surface area contributed by atoms with E-state index >= 15 is 0 Å². The molecule has 2 aliphatic heterocycles. The van der Waals surface area contributed by atoms with Crippen LogP contribution in [0, 0.1) is 5.82 Å². The predicted molar refractivity (Wildman–Crippen MR) is 136 cm³/mol. The molecule has 0 fully saturated rings. The van der Waals surface area contributed by atoms with E-state index < -0.39 is 17.8 Å². The molecule has 2 aliphatic rings. The number of aromatic nitrogens is 2. The van der Waals surface area contributed by atoms with Gasteiger partial charge in [-0.05, 0) is 48.4 Å². The molecule has 1 amide bonds. The summed E-state index contributed by atoms with van der Waals surface area (Å²) in [6, 6.07) is 9.32. The maximum Gasteiger partial charge on any atom is 0.358 e. The second-order valence-electron chi connectivity index (χ2n) is 9.04. The molecule has 3 heterocycles. The largest absolute Gasteiger partial charge is 0.497 e. The molecule has 39 heavy (non-hydrogen) atoms. The molecule has 10 nitrogen and oxygen atoms in total. The average Bonchev–Trinajstić information content (AvgIpc) is 3.32. The van der Waals surface area contributed by atoms with Crippen LogP contribution in [0.25, 0.3) is 11.3 Å². The van der Waals surface area contributed by atoms with E-state index in [0.29, 0.717) is 29.5 Å². The Morgan fingerprint density at radius 3 is 2.79 bits per heavy atom. The molecule has 1 aromatic heterocycles. The summed E-state index contributed by atoms with van der Waals surface area (Å²) in [6.07, 6.45) is 3.59. The number of ether oxygens (including phenoxy) is 4. The van der Waals surface area contributed by atoms with Gasteiger partial charge in [-0.25, -0.2) is 14.2 Å². The van der Waals surface area contributed by atoms with Crippen molar-refractivity contribution < 1.29 is 37.7 Å². The van der Waals surface area contributed by atoms with Gasteiger partial charge < -0.3 is 23.8 Å². The highest BCUT2D eigenvalue weighted by Gasteiger charge is 2.29. The van der Waals surface area contributed by atoms with E-state index in [1.807, 2.05) is 18.2 Å². The molecule has 0 bridgehead atoms. The molecular formula is C28H26FN3O7. The molecule has 3 aromatic rings. The van der Waals surface area contributed by atoms with Crippen molar-refractivity contribution in [3.05, 3.63) is 77.1 Å². The standard InChI is InChI=1S/C28H26FN3O7/c1-31-14-23-26(30-16-32(23)22-8-5-18(29)12-21(22)27(31)34)28(35)38-10-3-4-25(33)39-15-17-9-11-37-24-13-19(36-2)6-7-20(17)24/h5-9,12-13,16H,3-4,10-11,14-15H2,1-2H3. The minimum atomic E-state index is -0.678. The first-order chi connectivity index (χ1) is 18.9. The molecule has 0 saturated heterocycles. The lowest BCUT2D eigenvalue weighted by Gasteiger charge is -2.19. The number of halogens is 1. The molecule has 11 heteroatoms. The Morgan fingerprint density at radius 2 is 1.97 bits per heavy atom. The molecule has 0 aliphatic carbocycles. The van der Waals surface area contributed by atoms with Crippen LogP contribution in [0.1, 0.15) is 44.9 Å². The first-order valence-corrected chi connectivity index (χ1v) is 12.3. The quantitative estimate of drug-likeness (QED) is 0.318. The van der Waals surface area contributed by atoms with Crippen LogP contribution in [0.15, 0.2) is 48.8 Å². The molecule has 0 N–H and O–H groups in total. The monoisotopic (exact) mass is 535 g/mol. The molecule has 202 valence electrons. The van der Waals surface area contributed by atoms with Crippen molar-refractivity contribution >= 4 is 23.4 Å². The average molecular weight is 536 g/mol. The number of imidazole rings is 1. The molecule has 0 saturated carbocycles. The number of esters is 2. The molecule has 0 radical (unpaired) electrons. The molecule has 0 unspecified atom stereocenters. The fourth-order valence-electron chi connectivity index (χ4n) is 4.47. The van der Waals surface area contributed by atoms with E-state index in [1.54, 1.807) is 24.8 Å². The zero-order valence-corrected chi connectivity index (χ0v) is 21.4. The third-order valence-corrected chi connectivity index (χ3v) is 6.49. The smallest absolute Gasteiger partial charge is 0.358 e. The summed E-state index contributed by atoms with van der Waals surface area (Å²) in [5.74, 6) is -0.665.